The molecular formula is C18H23N4O2+. The number of hydrogen-bond donors (Lipinski definition) is 2. The van der Waals surface area contributed by atoms with Crippen LogP contribution in [0.3, 0.4) is 0 Å². The van der Waals surface area contributed by atoms with E-state index in [1.807, 2.05) is 48.7 Å². The van der Waals surface area contributed by atoms with Crippen LogP contribution in [-0.4, -0.2) is 50.7 Å². The van der Waals surface area contributed by atoms with E-state index in [-0.39, 0.29) is 5.91 Å². The average Bonchev–Trinajstić information content (AvgIpc) is 2.64. The number of carbonyl (C=O) groups is 1. The van der Waals surface area contributed by atoms with Gasteiger partial charge >= 0.3 is 0 Å². The quantitative estimate of drug-likeness (QED) is 0.836. The lowest BCUT2D eigenvalue weighted by Crippen LogP contribution is -3.15. The van der Waals surface area contributed by atoms with Gasteiger partial charge in [-0.15, -0.1) is 0 Å². The summed E-state index contributed by atoms with van der Waals surface area (Å²) in [7, 11) is 1.63. The standard InChI is InChI=1S/C18H22N4O2/c1-24-16-7-5-15(6-8-16)20-18(23)14-21-10-12-22(13-11-21)17-4-2-3-9-19-17/h2-9H,10-14H2,1H3,(H,20,23)/p+1. The molecule has 0 spiro atoms. The van der Waals surface area contributed by atoms with Gasteiger partial charge in [-0.3, -0.25) is 4.79 Å². The number of quaternary nitrogens is 1. The summed E-state index contributed by atoms with van der Waals surface area (Å²) in [4.78, 5) is 20.2. The van der Waals surface area contributed by atoms with Crippen molar-refractivity contribution in [2.75, 3.05) is 50.1 Å². The Kier molecular flexibility index (Phi) is 5.28. The first kappa shape index (κ1) is 16.3. The fourth-order valence-electron chi connectivity index (χ4n) is 2.88. The second kappa shape index (κ2) is 7.79. The number of benzene rings is 1. The van der Waals surface area contributed by atoms with Crippen LogP contribution in [-0.2, 0) is 4.79 Å². The van der Waals surface area contributed by atoms with E-state index in [4.69, 9.17) is 4.74 Å². The minimum atomic E-state index is 0.0430. The average molecular weight is 327 g/mol. The molecule has 0 saturated carbocycles. The van der Waals surface area contributed by atoms with Crippen molar-refractivity contribution in [3.8, 4) is 5.75 Å². The van der Waals surface area contributed by atoms with Gasteiger partial charge in [0.2, 0.25) is 0 Å². The highest BCUT2D eigenvalue weighted by Gasteiger charge is 2.22. The summed E-state index contributed by atoms with van der Waals surface area (Å²) in [6.07, 6.45) is 1.82. The molecule has 1 amide bonds. The predicted molar refractivity (Wildman–Crippen MR) is 93.6 cm³/mol. The molecule has 0 aliphatic carbocycles. The van der Waals surface area contributed by atoms with E-state index >= 15 is 0 Å². The molecule has 0 unspecified atom stereocenters. The third kappa shape index (κ3) is 4.23. The van der Waals surface area contributed by atoms with E-state index in [1.54, 1.807) is 7.11 Å². The van der Waals surface area contributed by atoms with Gasteiger partial charge in [-0.05, 0) is 36.4 Å². The maximum atomic E-state index is 12.2. The Bertz CT molecular complexity index is 652. The Morgan fingerprint density at radius 1 is 1.21 bits per heavy atom. The highest BCUT2D eigenvalue weighted by molar-refractivity contribution is 5.91. The normalized spacial score (nSPS) is 15.1. The van der Waals surface area contributed by atoms with Crippen LogP contribution in [0.5, 0.6) is 5.75 Å². The van der Waals surface area contributed by atoms with Crippen molar-refractivity contribution in [3.05, 3.63) is 48.7 Å². The molecule has 2 heterocycles. The molecular weight excluding hydrogens is 304 g/mol. The van der Waals surface area contributed by atoms with E-state index in [1.165, 1.54) is 4.90 Å². The van der Waals surface area contributed by atoms with Crippen LogP contribution in [0.1, 0.15) is 0 Å². The van der Waals surface area contributed by atoms with Crippen LogP contribution in [0, 0.1) is 0 Å². The first-order chi connectivity index (χ1) is 11.7. The minimum Gasteiger partial charge on any atom is -0.497 e. The van der Waals surface area contributed by atoms with E-state index < -0.39 is 0 Å². The number of aromatic nitrogens is 1. The Morgan fingerprint density at radius 3 is 2.58 bits per heavy atom. The molecule has 1 fully saturated rings. The van der Waals surface area contributed by atoms with Gasteiger partial charge in [0.15, 0.2) is 6.54 Å². The first-order valence-electron chi connectivity index (χ1n) is 8.18. The maximum absolute atomic E-state index is 12.2. The summed E-state index contributed by atoms with van der Waals surface area (Å²) in [6.45, 7) is 4.20. The van der Waals surface area contributed by atoms with E-state index in [0.717, 1.165) is 43.4 Å². The summed E-state index contributed by atoms with van der Waals surface area (Å²) in [5, 5.41) is 2.94. The van der Waals surface area contributed by atoms with Gasteiger partial charge in [0.25, 0.3) is 5.91 Å². The number of rotatable bonds is 5. The van der Waals surface area contributed by atoms with Crippen molar-refractivity contribution in [2.45, 2.75) is 0 Å². The number of carbonyl (C=O) groups excluding carboxylic acids is 1. The molecule has 126 valence electrons. The molecule has 1 aliphatic heterocycles. The van der Waals surface area contributed by atoms with Crippen molar-refractivity contribution in [3.63, 3.8) is 0 Å². The topological polar surface area (TPSA) is 58.9 Å². The fourth-order valence-corrected chi connectivity index (χ4v) is 2.88. The number of pyridine rings is 1. The molecule has 24 heavy (non-hydrogen) atoms. The molecule has 3 rings (SSSR count). The molecule has 0 atom stereocenters. The molecule has 0 radical (unpaired) electrons. The number of ether oxygens (including phenoxy) is 1. The largest absolute Gasteiger partial charge is 0.497 e. The van der Waals surface area contributed by atoms with E-state index in [9.17, 15) is 4.79 Å². The van der Waals surface area contributed by atoms with Crippen LogP contribution in [0.25, 0.3) is 0 Å². The lowest BCUT2D eigenvalue weighted by molar-refractivity contribution is -0.892. The van der Waals surface area contributed by atoms with Gasteiger partial charge in [-0.2, -0.15) is 0 Å². The minimum absolute atomic E-state index is 0.0430. The van der Waals surface area contributed by atoms with Gasteiger partial charge in [-0.1, -0.05) is 6.07 Å². The number of nitrogens with one attached hydrogen (secondary N) is 2. The van der Waals surface area contributed by atoms with E-state index in [2.05, 4.69) is 15.2 Å². The van der Waals surface area contributed by atoms with Crippen molar-refractivity contribution >= 4 is 17.4 Å². The number of hydrogen-bond acceptors (Lipinski definition) is 4. The number of piperazine rings is 1. The zero-order valence-corrected chi connectivity index (χ0v) is 13.9. The molecule has 1 aliphatic rings. The molecule has 1 aromatic carbocycles. The van der Waals surface area contributed by atoms with Crippen LogP contribution < -0.4 is 19.9 Å². The van der Waals surface area contributed by atoms with E-state index in [0.29, 0.717) is 6.54 Å². The zero-order valence-electron chi connectivity index (χ0n) is 13.9. The van der Waals surface area contributed by atoms with Gasteiger partial charge < -0.3 is 19.9 Å². The monoisotopic (exact) mass is 327 g/mol. The van der Waals surface area contributed by atoms with Crippen molar-refractivity contribution < 1.29 is 14.4 Å². The third-order valence-electron chi connectivity index (χ3n) is 4.23. The van der Waals surface area contributed by atoms with Crippen LogP contribution in [0.2, 0.25) is 0 Å². The predicted octanol–water partition coefficient (Wildman–Crippen LogP) is 0.434. The lowest BCUT2D eigenvalue weighted by Gasteiger charge is -2.32. The van der Waals surface area contributed by atoms with Crippen LogP contribution in [0.4, 0.5) is 11.5 Å². The molecule has 0 bridgehead atoms. The number of nitrogens with zero attached hydrogens (tertiary/aromatic N) is 2. The second-order valence-corrected chi connectivity index (χ2v) is 5.88. The Balaban J connectivity index is 1.46. The highest BCUT2D eigenvalue weighted by atomic mass is 16.5. The van der Waals surface area contributed by atoms with Crippen LogP contribution >= 0.6 is 0 Å². The Morgan fingerprint density at radius 2 is 1.96 bits per heavy atom. The van der Waals surface area contributed by atoms with Crippen molar-refractivity contribution in [2.24, 2.45) is 0 Å². The summed E-state index contributed by atoms with van der Waals surface area (Å²) in [6, 6.07) is 13.3. The summed E-state index contributed by atoms with van der Waals surface area (Å²) < 4.78 is 5.12. The highest BCUT2D eigenvalue weighted by Crippen LogP contribution is 2.14. The molecule has 6 heteroatoms. The van der Waals surface area contributed by atoms with Gasteiger partial charge in [0.05, 0.1) is 33.3 Å². The maximum Gasteiger partial charge on any atom is 0.279 e. The van der Waals surface area contributed by atoms with Gasteiger partial charge in [-0.25, -0.2) is 4.98 Å². The summed E-state index contributed by atoms with van der Waals surface area (Å²) in [5.41, 5.74) is 0.798. The summed E-state index contributed by atoms with van der Waals surface area (Å²) >= 11 is 0. The number of methoxy groups -OCH3 is 1. The summed E-state index contributed by atoms with van der Waals surface area (Å²) in [5.74, 6) is 1.84. The fraction of sp³-hybridized carbons (Fsp3) is 0.333. The molecule has 2 aromatic rings. The smallest absolute Gasteiger partial charge is 0.279 e. The number of amides is 1. The lowest BCUT2D eigenvalue weighted by atomic mass is 10.3. The number of anilines is 2. The molecule has 2 N–H and O–H groups in total. The van der Waals surface area contributed by atoms with Gasteiger partial charge in [0, 0.05) is 11.9 Å². The second-order valence-electron chi connectivity index (χ2n) is 5.88. The molecule has 1 saturated heterocycles. The van der Waals surface area contributed by atoms with Crippen molar-refractivity contribution in [1.29, 1.82) is 0 Å². The third-order valence-corrected chi connectivity index (χ3v) is 4.23. The zero-order chi connectivity index (χ0) is 16.8. The molecule has 1 aromatic heterocycles. The molecule has 6 nitrogen and oxygen atoms in total. The van der Waals surface area contributed by atoms with Crippen molar-refractivity contribution in [1.82, 2.24) is 4.98 Å². The van der Waals surface area contributed by atoms with Gasteiger partial charge in [0.1, 0.15) is 11.6 Å². The first-order valence-corrected chi connectivity index (χ1v) is 8.18. The Hall–Kier alpha value is -2.60. The van der Waals surface area contributed by atoms with Crippen LogP contribution in [0.15, 0.2) is 48.7 Å². The SMILES string of the molecule is COc1ccc(NC(=O)C[NH+]2CCN(c3ccccn3)CC2)cc1. The Labute approximate surface area is 142 Å².